The highest BCUT2D eigenvalue weighted by Crippen LogP contribution is 2.30. The number of aromatic nitrogens is 2. The van der Waals surface area contributed by atoms with Gasteiger partial charge in [0, 0.05) is 26.5 Å². The summed E-state index contributed by atoms with van der Waals surface area (Å²) < 4.78 is 17.0. The zero-order valence-electron chi connectivity index (χ0n) is 12.4. The van der Waals surface area contributed by atoms with Crippen molar-refractivity contribution in [3.05, 3.63) is 31.5 Å². The summed E-state index contributed by atoms with van der Waals surface area (Å²) in [5, 5.41) is 0. The Morgan fingerprint density at radius 1 is 1.39 bits per heavy atom. The van der Waals surface area contributed by atoms with Crippen LogP contribution in [0.4, 0.5) is 0 Å². The van der Waals surface area contributed by atoms with Crippen LogP contribution in [-0.4, -0.2) is 40.3 Å². The fraction of sp³-hybridized carbons (Fsp3) is 0.538. The van der Waals surface area contributed by atoms with E-state index in [1.54, 1.807) is 0 Å². The number of aromatic amines is 1. The van der Waals surface area contributed by atoms with Crippen molar-refractivity contribution < 1.29 is 23.8 Å². The van der Waals surface area contributed by atoms with Gasteiger partial charge in [0.05, 0.1) is 4.47 Å². The predicted octanol–water partition coefficient (Wildman–Crippen LogP) is 0.0814. The Hall–Kier alpha value is -1.94. The lowest BCUT2D eigenvalue weighted by atomic mass is 10.2. The average molecular weight is 391 g/mol. The molecule has 10 heteroatoms. The van der Waals surface area contributed by atoms with E-state index in [0.717, 1.165) is 0 Å². The molecule has 0 bridgehead atoms. The number of ether oxygens (including phenoxy) is 3. The third kappa shape index (κ3) is 4.29. The molecular formula is C13H15BrN2O7. The molecule has 1 unspecified atom stereocenters. The molecule has 1 aromatic heterocycles. The molecule has 1 saturated heterocycles. The van der Waals surface area contributed by atoms with Gasteiger partial charge >= 0.3 is 17.6 Å². The number of carbonyl (C=O) groups excluding carboxylic acids is 2. The van der Waals surface area contributed by atoms with Gasteiger partial charge in [0.25, 0.3) is 5.56 Å². The van der Waals surface area contributed by atoms with Crippen molar-refractivity contribution >= 4 is 27.9 Å². The van der Waals surface area contributed by atoms with Crippen LogP contribution in [0.15, 0.2) is 20.3 Å². The fourth-order valence-electron chi connectivity index (χ4n) is 2.23. The second-order valence-electron chi connectivity index (χ2n) is 4.96. The summed E-state index contributed by atoms with van der Waals surface area (Å²) in [5.41, 5.74) is -1.21. The highest BCUT2D eigenvalue weighted by atomic mass is 79.9. The number of hydrogen-bond donors (Lipinski definition) is 1. The molecule has 9 nitrogen and oxygen atoms in total. The van der Waals surface area contributed by atoms with Gasteiger partial charge in [-0.2, -0.15) is 0 Å². The maximum Gasteiger partial charge on any atom is 0.330 e. The van der Waals surface area contributed by atoms with Crippen molar-refractivity contribution in [3.8, 4) is 0 Å². The van der Waals surface area contributed by atoms with Gasteiger partial charge in [-0.1, -0.05) is 0 Å². The van der Waals surface area contributed by atoms with Crippen molar-refractivity contribution in [1.82, 2.24) is 9.55 Å². The maximum atomic E-state index is 11.9. The molecule has 3 atom stereocenters. The van der Waals surface area contributed by atoms with E-state index in [1.165, 1.54) is 24.6 Å². The lowest BCUT2D eigenvalue weighted by Gasteiger charge is -2.17. The number of carbonyl (C=O) groups is 2. The number of esters is 2. The van der Waals surface area contributed by atoms with Gasteiger partial charge in [0.15, 0.2) is 0 Å². The first-order chi connectivity index (χ1) is 10.8. The number of H-pyrrole nitrogens is 1. The molecule has 2 rings (SSSR count). The molecule has 0 spiro atoms. The van der Waals surface area contributed by atoms with E-state index in [4.69, 9.17) is 14.2 Å². The third-order valence-corrected chi connectivity index (χ3v) is 3.75. The molecule has 0 amide bonds. The standard InChI is InChI=1S/C13H15BrN2O7/c1-6(17)21-5-10-9(22-7(2)18)3-11(23-10)16-4-8(14)12(19)15-13(16)20/h4,9-11H,3,5H2,1-2H3,(H,15,19,20)/t9?,10-,11-/m0/s1. The van der Waals surface area contributed by atoms with Crippen molar-refractivity contribution in [2.75, 3.05) is 6.61 Å². The van der Waals surface area contributed by atoms with Gasteiger partial charge in [0.1, 0.15) is 25.0 Å². The lowest BCUT2D eigenvalue weighted by molar-refractivity contribution is -0.155. The van der Waals surface area contributed by atoms with Gasteiger partial charge in [-0.05, 0) is 15.9 Å². The molecule has 0 aliphatic carbocycles. The van der Waals surface area contributed by atoms with Crippen LogP contribution in [0.3, 0.4) is 0 Å². The van der Waals surface area contributed by atoms with E-state index in [1.807, 2.05) is 0 Å². The van der Waals surface area contributed by atoms with Crippen LogP contribution in [0.1, 0.15) is 26.5 Å². The largest absolute Gasteiger partial charge is 0.463 e. The third-order valence-electron chi connectivity index (χ3n) is 3.18. The number of hydrogen-bond acceptors (Lipinski definition) is 7. The second kappa shape index (κ2) is 7.09. The van der Waals surface area contributed by atoms with E-state index >= 15 is 0 Å². The Labute approximate surface area is 138 Å². The van der Waals surface area contributed by atoms with E-state index in [9.17, 15) is 19.2 Å². The maximum absolute atomic E-state index is 11.9. The Kier molecular flexibility index (Phi) is 5.37. The van der Waals surface area contributed by atoms with Crippen LogP contribution in [-0.2, 0) is 23.8 Å². The van der Waals surface area contributed by atoms with Crippen LogP contribution >= 0.6 is 15.9 Å². The first-order valence-electron chi connectivity index (χ1n) is 6.75. The van der Waals surface area contributed by atoms with Crippen LogP contribution in [0.2, 0.25) is 0 Å². The number of halogens is 1. The first kappa shape index (κ1) is 17.4. The summed E-state index contributed by atoms with van der Waals surface area (Å²) in [6.45, 7) is 2.39. The molecule has 0 aromatic carbocycles. The van der Waals surface area contributed by atoms with E-state index in [-0.39, 0.29) is 17.5 Å². The van der Waals surface area contributed by atoms with Gasteiger partial charge in [-0.15, -0.1) is 0 Å². The summed E-state index contributed by atoms with van der Waals surface area (Å²) in [7, 11) is 0. The van der Waals surface area contributed by atoms with Crippen LogP contribution in [0.5, 0.6) is 0 Å². The summed E-state index contributed by atoms with van der Waals surface area (Å²) in [4.78, 5) is 47.5. The number of nitrogens with zero attached hydrogens (tertiary/aromatic N) is 1. The Morgan fingerprint density at radius 3 is 2.70 bits per heavy atom. The van der Waals surface area contributed by atoms with Crippen LogP contribution < -0.4 is 11.2 Å². The van der Waals surface area contributed by atoms with Crippen molar-refractivity contribution in [2.45, 2.75) is 38.7 Å². The van der Waals surface area contributed by atoms with E-state index in [2.05, 4.69) is 20.9 Å². The minimum absolute atomic E-state index is 0.108. The molecule has 0 radical (unpaired) electrons. The topological polar surface area (TPSA) is 117 Å². The number of nitrogens with one attached hydrogen (secondary N) is 1. The van der Waals surface area contributed by atoms with Crippen molar-refractivity contribution in [3.63, 3.8) is 0 Å². The monoisotopic (exact) mass is 390 g/mol. The molecule has 0 saturated carbocycles. The highest BCUT2D eigenvalue weighted by Gasteiger charge is 2.39. The van der Waals surface area contributed by atoms with Crippen LogP contribution in [0, 0.1) is 0 Å². The molecule has 1 aliphatic heterocycles. The summed E-state index contributed by atoms with van der Waals surface area (Å²) in [5.74, 6) is -1.01. The molecular weight excluding hydrogens is 376 g/mol. The van der Waals surface area contributed by atoms with Crippen molar-refractivity contribution in [2.24, 2.45) is 0 Å². The minimum atomic E-state index is -0.763. The molecule has 1 fully saturated rings. The van der Waals surface area contributed by atoms with Crippen molar-refractivity contribution in [1.29, 1.82) is 0 Å². The van der Waals surface area contributed by atoms with Gasteiger partial charge in [-0.3, -0.25) is 23.9 Å². The first-order valence-corrected chi connectivity index (χ1v) is 7.54. The smallest absolute Gasteiger partial charge is 0.330 e. The Balaban J connectivity index is 2.23. The molecule has 126 valence electrons. The fourth-order valence-corrected chi connectivity index (χ4v) is 2.55. The highest BCUT2D eigenvalue weighted by molar-refractivity contribution is 9.10. The summed E-state index contributed by atoms with van der Waals surface area (Å²) in [6, 6.07) is 0. The zero-order valence-corrected chi connectivity index (χ0v) is 14.0. The SMILES string of the molecule is CC(=O)OC[C@@H]1O[C@H](n2cc(Br)c(=O)[nH]c2=O)CC1OC(C)=O. The summed E-state index contributed by atoms with van der Waals surface area (Å²) >= 11 is 3.03. The summed E-state index contributed by atoms with van der Waals surface area (Å²) in [6.07, 6.45) is -0.658. The molecule has 1 aliphatic rings. The van der Waals surface area contributed by atoms with Gasteiger partial charge < -0.3 is 14.2 Å². The minimum Gasteiger partial charge on any atom is -0.463 e. The molecule has 23 heavy (non-hydrogen) atoms. The lowest BCUT2D eigenvalue weighted by Crippen LogP contribution is -2.33. The van der Waals surface area contributed by atoms with Crippen LogP contribution in [0.25, 0.3) is 0 Å². The molecule has 2 heterocycles. The predicted molar refractivity (Wildman–Crippen MR) is 79.7 cm³/mol. The molecule has 1 N–H and O–H groups in total. The number of rotatable bonds is 4. The second-order valence-corrected chi connectivity index (χ2v) is 5.81. The normalized spacial score (nSPS) is 23.5. The molecule has 1 aromatic rings. The zero-order chi connectivity index (χ0) is 17.1. The quantitative estimate of drug-likeness (QED) is 0.723. The van der Waals surface area contributed by atoms with Gasteiger partial charge in [0.2, 0.25) is 0 Å². The van der Waals surface area contributed by atoms with Gasteiger partial charge in [-0.25, -0.2) is 4.79 Å². The average Bonchev–Trinajstić information content (AvgIpc) is 2.82. The Morgan fingerprint density at radius 2 is 2.09 bits per heavy atom. The Bertz CT molecular complexity index is 726. The van der Waals surface area contributed by atoms with E-state index in [0.29, 0.717) is 0 Å². The van der Waals surface area contributed by atoms with E-state index < -0.39 is 41.6 Å².